The summed E-state index contributed by atoms with van der Waals surface area (Å²) in [5, 5.41) is 2.45. The highest BCUT2D eigenvalue weighted by Gasteiger charge is 2.08. The number of carbonyl (C=O) groups is 2. The summed E-state index contributed by atoms with van der Waals surface area (Å²) in [5.74, 6) is -0.365. The summed E-state index contributed by atoms with van der Waals surface area (Å²) >= 11 is 0. The van der Waals surface area contributed by atoms with E-state index in [1.54, 1.807) is 0 Å². The van der Waals surface area contributed by atoms with Crippen LogP contribution < -0.4 is 5.32 Å². The summed E-state index contributed by atoms with van der Waals surface area (Å²) in [5.41, 5.74) is 0. The number of nitrogens with one attached hydrogen (secondary N) is 1. The molecule has 1 amide bonds. The van der Waals surface area contributed by atoms with Crippen LogP contribution in [-0.4, -0.2) is 18.6 Å². The van der Waals surface area contributed by atoms with Crippen LogP contribution in [-0.2, 0) is 14.3 Å². The first-order valence-electron chi connectivity index (χ1n) is 4.57. The molecule has 1 atom stereocenters. The van der Waals surface area contributed by atoms with Crippen molar-refractivity contribution in [3.63, 3.8) is 0 Å². The van der Waals surface area contributed by atoms with E-state index < -0.39 is 6.23 Å². The van der Waals surface area contributed by atoms with Crippen LogP contribution in [0.3, 0.4) is 0 Å². The van der Waals surface area contributed by atoms with E-state index in [1.165, 1.54) is 6.92 Å². The standard InChI is InChI=1S/C9H17NO3/c1-3-4-5-6-9(10-7-11)13-8(2)12/h7,9H,3-6H2,1-2H3,(H,10,11). The molecule has 0 aromatic rings. The molecule has 1 unspecified atom stereocenters. The summed E-state index contributed by atoms with van der Waals surface area (Å²) in [6.07, 6.45) is 3.93. The molecule has 4 nitrogen and oxygen atoms in total. The molecule has 1 N–H and O–H groups in total. The molecule has 13 heavy (non-hydrogen) atoms. The van der Waals surface area contributed by atoms with Crippen molar-refractivity contribution < 1.29 is 14.3 Å². The molecule has 0 aromatic carbocycles. The second kappa shape index (κ2) is 7.58. The lowest BCUT2D eigenvalue weighted by Crippen LogP contribution is -2.32. The Morgan fingerprint density at radius 2 is 2.23 bits per heavy atom. The predicted octanol–water partition coefficient (Wildman–Crippen LogP) is 1.20. The van der Waals surface area contributed by atoms with Crippen LogP contribution in [0.4, 0.5) is 0 Å². The van der Waals surface area contributed by atoms with Crippen LogP contribution in [0.15, 0.2) is 0 Å². The average Bonchev–Trinajstić information content (AvgIpc) is 2.04. The minimum atomic E-state index is -0.457. The first-order valence-corrected chi connectivity index (χ1v) is 4.57. The van der Waals surface area contributed by atoms with Gasteiger partial charge in [-0.25, -0.2) is 0 Å². The van der Waals surface area contributed by atoms with Crippen molar-refractivity contribution in [3.8, 4) is 0 Å². The quantitative estimate of drug-likeness (QED) is 0.282. The highest BCUT2D eigenvalue weighted by atomic mass is 16.6. The van der Waals surface area contributed by atoms with Crippen molar-refractivity contribution in [2.75, 3.05) is 0 Å². The first kappa shape index (κ1) is 11.9. The maximum absolute atomic E-state index is 10.6. The molecule has 0 aliphatic rings. The number of amides is 1. The normalized spacial score (nSPS) is 11.8. The van der Waals surface area contributed by atoms with Crippen molar-refractivity contribution in [2.24, 2.45) is 0 Å². The summed E-state index contributed by atoms with van der Waals surface area (Å²) in [4.78, 5) is 20.7. The minimum Gasteiger partial charge on any atom is -0.442 e. The van der Waals surface area contributed by atoms with Crippen LogP contribution in [0.25, 0.3) is 0 Å². The maximum Gasteiger partial charge on any atom is 0.304 e. The molecular formula is C9H17NO3. The number of hydrogen-bond donors (Lipinski definition) is 1. The van der Waals surface area contributed by atoms with Gasteiger partial charge in [0.15, 0.2) is 6.23 Å². The number of ether oxygens (including phenoxy) is 1. The Morgan fingerprint density at radius 1 is 1.54 bits per heavy atom. The van der Waals surface area contributed by atoms with Gasteiger partial charge in [-0.15, -0.1) is 0 Å². The third-order valence-corrected chi connectivity index (χ3v) is 1.63. The average molecular weight is 187 g/mol. The van der Waals surface area contributed by atoms with E-state index in [2.05, 4.69) is 12.2 Å². The predicted molar refractivity (Wildman–Crippen MR) is 48.9 cm³/mol. The van der Waals surface area contributed by atoms with Crippen LogP contribution in [0.5, 0.6) is 0 Å². The zero-order chi connectivity index (χ0) is 10.1. The molecule has 0 fully saturated rings. The third kappa shape index (κ3) is 7.31. The molecule has 0 heterocycles. The van der Waals surface area contributed by atoms with Gasteiger partial charge in [0.25, 0.3) is 0 Å². The molecule has 0 radical (unpaired) electrons. The molecule has 0 saturated heterocycles. The number of rotatable bonds is 7. The van der Waals surface area contributed by atoms with Gasteiger partial charge in [0.2, 0.25) is 6.41 Å². The van der Waals surface area contributed by atoms with E-state index in [4.69, 9.17) is 4.74 Å². The van der Waals surface area contributed by atoms with E-state index in [0.717, 1.165) is 19.3 Å². The maximum atomic E-state index is 10.6. The second-order valence-corrected chi connectivity index (χ2v) is 2.88. The molecule has 0 saturated carbocycles. The lowest BCUT2D eigenvalue weighted by atomic mass is 10.2. The molecule has 0 aliphatic carbocycles. The van der Waals surface area contributed by atoms with E-state index in [-0.39, 0.29) is 5.97 Å². The minimum absolute atomic E-state index is 0.365. The summed E-state index contributed by atoms with van der Waals surface area (Å²) in [6.45, 7) is 3.42. The topological polar surface area (TPSA) is 55.4 Å². The van der Waals surface area contributed by atoms with E-state index in [0.29, 0.717) is 12.8 Å². The Hall–Kier alpha value is -1.06. The number of unbranched alkanes of at least 4 members (excludes halogenated alkanes) is 2. The largest absolute Gasteiger partial charge is 0.442 e. The number of esters is 1. The zero-order valence-corrected chi connectivity index (χ0v) is 8.21. The van der Waals surface area contributed by atoms with Crippen LogP contribution >= 0.6 is 0 Å². The third-order valence-electron chi connectivity index (χ3n) is 1.63. The Bertz CT molecular complexity index is 159. The van der Waals surface area contributed by atoms with Gasteiger partial charge >= 0.3 is 5.97 Å². The highest BCUT2D eigenvalue weighted by Crippen LogP contribution is 2.04. The smallest absolute Gasteiger partial charge is 0.304 e. The molecular weight excluding hydrogens is 170 g/mol. The van der Waals surface area contributed by atoms with E-state index in [9.17, 15) is 9.59 Å². The fourth-order valence-corrected chi connectivity index (χ4v) is 1.03. The highest BCUT2D eigenvalue weighted by molar-refractivity contribution is 5.66. The van der Waals surface area contributed by atoms with Gasteiger partial charge in [0, 0.05) is 13.3 Å². The summed E-state index contributed by atoms with van der Waals surface area (Å²) in [6, 6.07) is 0. The van der Waals surface area contributed by atoms with Gasteiger partial charge < -0.3 is 10.1 Å². The van der Waals surface area contributed by atoms with Crippen molar-refractivity contribution in [3.05, 3.63) is 0 Å². The molecule has 0 aliphatic heterocycles. The van der Waals surface area contributed by atoms with Gasteiger partial charge in [-0.2, -0.15) is 0 Å². The van der Waals surface area contributed by atoms with Gasteiger partial charge in [0.1, 0.15) is 0 Å². The van der Waals surface area contributed by atoms with Gasteiger partial charge in [-0.3, -0.25) is 9.59 Å². The van der Waals surface area contributed by atoms with E-state index in [1.807, 2.05) is 0 Å². The molecule has 0 aromatic heterocycles. The van der Waals surface area contributed by atoms with Crippen molar-refractivity contribution in [1.82, 2.24) is 5.32 Å². The van der Waals surface area contributed by atoms with Gasteiger partial charge in [-0.05, 0) is 6.42 Å². The molecule has 0 spiro atoms. The van der Waals surface area contributed by atoms with Crippen molar-refractivity contribution >= 4 is 12.4 Å². The van der Waals surface area contributed by atoms with Crippen LogP contribution in [0.1, 0.15) is 39.5 Å². The molecule has 0 bridgehead atoms. The second-order valence-electron chi connectivity index (χ2n) is 2.88. The number of carbonyl (C=O) groups excluding carboxylic acids is 2. The summed E-state index contributed by atoms with van der Waals surface area (Å²) in [7, 11) is 0. The molecule has 0 rings (SSSR count). The summed E-state index contributed by atoms with van der Waals surface area (Å²) < 4.78 is 4.86. The fraction of sp³-hybridized carbons (Fsp3) is 0.778. The Kier molecular flexibility index (Phi) is 6.96. The lowest BCUT2D eigenvalue weighted by molar-refractivity contribution is -0.148. The Morgan fingerprint density at radius 3 is 2.69 bits per heavy atom. The van der Waals surface area contributed by atoms with Crippen LogP contribution in [0, 0.1) is 0 Å². The van der Waals surface area contributed by atoms with Crippen molar-refractivity contribution in [2.45, 2.75) is 45.8 Å². The van der Waals surface area contributed by atoms with Crippen LogP contribution in [0.2, 0.25) is 0 Å². The van der Waals surface area contributed by atoms with Gasteiger partial charge in [-0.1, -0.05) is 19.8 Å². The fourth-order valence-electron chi connectivity index (χ4n) is 1.03. The molecule has 76 valence electrons. The van der Waals surface area contributed by atoms with Gasteiger partial charge in [0.05, 0.1) is 0 Å². The first-order chi connectivity index (χ1) is 6.20. The molecule has 4 heteroatoms. The SMILES string of the molecule is CCCCCC(NC=O)OC(C)=O. The Labute approximate surface area is 78.6 Å². The Balaban J connectivity index is 3.65. The van der Waals surface area contributed by atoms with Crippen molar-refractivity contribution in [1.29, 1.82) is 0 Å². The lowest BCUT2D eigenvalue weighted by Gasteiger charge is -2.15. The zero-order valence-electron chi connectivity index (χ0n) is 8.21. The number of hydrogen-bond acceptors (Lipinski definition) is 3. The monoisotopic (exact) mass is 187 g/mol. The van der Waals surface area contributed by atoms with E-state index >= 15 is 0 Å².